The third kappa shape index (κ3) is 5.15. The lowest BCUT2D eigenvalue weighted by atomic mass is 10.0. The van der Waals surface area contributed by atoms with E-state index in [9.17, 15) is 4.39 Å². The van der Waals surface area contributed by atoms with Gasteiger partial charge in [-0.3, -0.25) is 4.68 Å². The summed E-state index contributed by atoms with van der Waals surface area (Å²) in [6, 6.07) is 8.93. The molecular formula is C24H24FN7. The van der Waals surface area contributed by atoms with Crippen LogP contribution in [0, 0.1) is 12.7 Å². The van der Waals surface area contributed by atoms with E-state index < -0.39 is 0 Å². The number of pyridine rings is 1. The number of halogens is 1. The molecule has 0 aliphatic heterocycles. The average molecular weight is 430 g/mol. The topological polar surface area (TPSA) is 80.5 Å². The van der Waals surface area contributed by atoms with Gasteiger partial charge in [0.2, 0.25) is 5.95 Å². The van der Waals surface area contributed by atoms with Crippen LogP contribution in [0.1, 0.15) is 18.1 Å². The Balaban J connectivity index is 1.40. The van der Waals surface area contributed by atoms with Crippen LogP contribution in [0.3, 0.4) is 0 Å². The van der Waals surface area contributed by atoms with Crippen LogP contribution >= 0.6 is 0 Å². The standard InChI is InChI=1S/C24H24FN7/c1-4-32-15-21(14-29-32)31-24-27-12-20(13-28-24)18-6-7-19(22(25)10-18)9-17(3)30-23-8-5-16(2)11-26-23/h5-8,10-15H,3-4,9H2,1-2H3,(H,26,30)(H,27,28,31). The SMILES string of the molecule is C=C(Cc1ccc(-c2cnc(Nc3cnn(CC)c3)nc2)cc1F)Nc1ccc(C)cn1. The van der Waals surface area contributed by atoms with Gasteiger partial charge < -0.3 is 10.6 Å². The Bertz CT molecular complexity index is 1210. The summed E-state index contributed by atoms with van der Waals surface area (Å²) >= 11 is 0. The van der Waals surface area contributed by atoms with Crippen LogP contribution in [0.4, 0.5) is 21.8 Å². The number of aromatic nitrogens is 5. The molecule has 0 saturated carbocycles. The summed E-state index contributed by atoms with van der Waals surface area (Å²) in [5.41, 5.74) is 4.53. The number of aryl methyl sites for hydroxylation is 2. The first-order chi connectivity index (χ1) is 15.5. The average Bonchev–Trinajstić information content (AvgIpc) is 3.25. The molecule has 0 unspecified atom stereocenters. The van der Waals surface area contributed by atoms with Crippen molar-refractivity contribution in [3.05, 3.63) is 90.5 Å². The monoisotopic (exact) mass is 429 g/mol. The molecule has 4 aromatic rings. The van der Waals surface area contributed by atoms with Gasteiger partial charge in [-0.05, 0) is 42.7 Å². The molecule has 4 rings (SSSR count). The van der Waals surface area contributed by atoms with Gasteiger partial charge in [0.05, 0.1) is 11.9 Å². The summed E-state index contributed by atoms with van der Waals surface area (Å²) < 4.78 is 16.6. The molecule has 0 spiro atoms. The van der Waals surface area contributed by atoms with E-state index in [0.29, 0.717) is 35.0 Å². The first-order valence-electron chi connectivity index (χ1n) is 10.3. The highest BCUT2D eigenvalue weighted by Crippen LogP contribution is 2.23. The van der Waals surface area contributed by atoms with Crippen molar-refractivity contribution in [2.75, 3.05) is 10.6 Å². The Labute approximate surface area is 186 Å². The third-order valence-corrected chi connectivity index (χ3v) is 4.87. The summed E-state index contributed by atoms with van der Waals surface area (Å²) in [5.74, 6) is 0.829. The second kappa shape index (κ2) is 9.38. The van der Waals surface area contributed by atoms with E-state index in [2.05, 4.69) is 37.3 Å². The van der Waals surface area contributed by atoms with Gasteiger partial charge >= 0.3 is 0 Å². The maximum atomic E-state index is 14.7. The van der Waals surface area contributed by atoms with Crippen molar-refractivity contribution in [1.29, 1.82) is 0 Å². The van der Waals surface area contributed by atoms with Crippen LogP contribution in [-0.2, 0) is 13.0 Å². The first kappa shape index (κ1) is 21.2. The van der Waals surface area contributed by atoms with Crippen LogP contribution in [0.15, 0.2) is 73.6 Å². The number of anilines is 3. The summed E-state index contributed by atoms with van der Waals surface area (Å²) in [6.07, 6.45) is 9.04. The minimum atomic E-state index is -0.309. The zero-order valence-electron chi connectivity index (χ0n) is 18.0. The van der Waals surface area contributed by atoms with Gasteiger partial charge in [0, 0.05) is 49.0 Å². The molecule has 3 heterocycles. The Morgan fingerprint density at radius 1 is 1.03 bits per heavy atom. The second-order valence-corrected chi connectivity index (χ2v) is 7.44. The fourth-order valence-electron chi connectivity index (χ4n) is 3.14. The lowest BCUT2D eigenvalue weighted by Gasteiger charge is -2.11. The predicted octanol–water partition coefficient (Wildman–Crippen LogP) is 5.11. The summed E-state index contributed by atoms with van der Waals surface area (Å²) in [5, 5.41) is 10.4. The van der Waals surface area contributed by atoms with Gasteiger partial charge in [-0.2, -0.15) is 5.10 Å². The summed E-state index contributed by atoms with van der Waals surface area (Å²) in [4.78, 5) is 12.9. The van der Waals surface area contributed by atoms with E-state index >= 15 is 0 Å². The molecular weight excluding hydrogens is 405 g/mol. The van der Waals surface area contributed by atoms with Gasteiger partial charge in [0.1, 0.15) is 11.6 Å². The minimum absolute atomic E-state index is 0.309. The maximum Gasteiger partial charge on any atom is 0.227 e. The van der Waals surface area contributed by atoms with Crippen LogP contribution in [-0.4, -0.2) is 24.7 Å². The van der Waals surface area contributed by atoms with Crippen molar-refractivity contribution >= 4 is 17.5 Å². The molecule has 3 aromatic heterocycles. The van der Waals surface area contributed by atoms with Gasteiger partial charge in [-0.15, -0.1) is 0 Å². The Morgan fingerprint density at radius 2 is 1.84 bits per heavy atom. The van der Waals surface area contributed by atoms with E-state index in [-0.39, 0.29) is 5.82 Å². The molecule has 0 aliphatic carbocycles. The van der Waals surface area contributed by atoms with Crippen LogP contribution in [0.5, 0.6) is 0 Å². The number of allylic oxidation sites excluding steroid dienone is 1. The van der Waals surface area contributed by atoms with E-state index in [1.807, 2.05) is 42.9 Å². The Hall–Kier alpha value is -4.07. The van der Waals surface area contributed by atoms with Crippen molar-refractivity contribution in [2.45, 2.75) is 26.8 Å². The molecule has 1 aromatic carbocycles. The smallest absolute Gasteiger partial charge is 0.227 e. The van der Waals surface area contributed by atoms with E-state index in [1.165, 1.54) is 6.07 Å². The zero-order chi connectivity index (χ0) is 22.5. The van der Waals surface area contributed by atoms with E-state index in [1.54, 1.807) is 30.9 Å². The van der Waals surface area contributed by atoms with Gasteiger partial charge in [-0.1, -0.05) is 24.8 Å². The van der Waals surface area contributed by atoms with Crippen molar-refractivity contribution in [3.63, 3.8) is 0 Å². The molecule has 0 radical (unpaired) electrons. The number of nitrogens with one attached hydrogen (secondary N) is 2. The molecule has 0 atom stereocenters. The highest BCUT2D eigenvalue weighted by atomic mass is 19.1. The van der Waals surface area contributed by atoms with E-state index in [0.717, 1.165) is 23.4 Å². The predicted molar refractivity (Wildman–Crippen MR) is 124 cm³/mol. The lowest BCUT2D eigenvalue weighted by Crippen LogP contribution is -2.04. The number of hydrogen-bond donors (Lipinski definition) is 2. The molecule has 162 valence electrons. The fraction of sp³-hybridized carbons (Fsp3) is 0.167. The van der Waals surface area contributed by atoms with Crippen LogP contribution in [0.2, 0.25) is 0 Å². The maximum absolute atomic E-state index is 14.7. The molecule has 8 heteroatoms. The molecule has 0 saturated heterocycles. The van der Waals surface area contributed by atoms with Crippen molar-refractivity contribution in [1.82, 2.24) is 24.7 Å². The summed E-state index contributed by atoms with van der Waals surface area (Å²) in [6.45, 7) is 8.76. The quantitative estimate of drug-likeness (QED) is 0.405. The first-order valence-corrected chi connectivity index (χ1v) is 10.3. The normalized spacial score (nSPS) is 10.7. The highest BCUT2D eigenvalue weighted by molar-refractivity contribution is 5.63. The van der Waals surface area contributed by atoms with Crippen LogP contribution < -0.4 is 10.6 Å². The second-order valence-electron chi connectivity index (χ2n) is 7.44. The highest BCUT2D eigenvalue weighted by Gasteiger charge is 2.09. The van der Waals surface area contributed by atoms with Crippen molar-refractivity contribution in [3.8, 4) is 11.1 Å². The lowest BCUT2D eigenvalue weighted by molar-refractivity contribution is 0.614. The zero-order valence-corrected chi connectivity index (χ0v) is 18.0. The Kier molecular flexibility index (Phi) is 6.21. The van der Waals surface area contributed by atoms with Crippen molar-refractivity contribution in [2.24, 2.45) is 0 Å². The molecule has 0 fully saturated rings. The number of nitrogens with zero attached hydrogens (tertiary/aromatic N) is 5. The molecule has 0 bridgehead atoms. The number of benzene rings is 1. The molecule has 32 heavy (non-hydrogen) atoms. The largest absolute Gasteiger partial charge is 0.344 e. The van der Waals surface area contributed by atoms with E-state index in [4.69, 9.17) is 0 Å². The Morgan fingerprint density at radius 3 is 2.50 bits per heavy atom. The van der Waals surface area contributed by atoms with Crippen LogP contribution in [0.25, 0.3) is 11.1 Å². The molecule has 0 aliphatic rings. The number of rotatable bonds is 8. The third-order valence-electron chi connectivity index (χ3n) is 4.87. The van der Waals surface area contributed by atoms with Gasteiger partial charge in [0.25, 0.3) is 0 Å². The molecule has 0 amide bonds. The van der Waals surface area contributed by atoms with Gasteiger partial charge in [0.15, 0.2) is 0 Å². The van der Waals surface area contributed by atoms with Crippen molar-refractivity contribution < 1.29 is 4.39 Å². The molecule has 7 nitrogen and oxygen atoms in total. The minimum Gasteiger partial charge on any atom is -0.344 e. The summed E-state index contributed by atoms with van der Waals surface area (Å²) in [7, 11) is 0. The molecule has 2 N–H and O–H groups in total. The van der Waals surface area contributed by atoms with Gasteiger partial charge in [-0.25, -0.2) is 19.3 Å². The number of hydrogen-bond acceptors (Lipinski definition) is 6. The fourth-order valence-corrected chi connectivity index (χ4v) is 3.14.